The maximum atomic E-state index is 10.6. The third-order valence-electron chi connectivity index (χ3n) is 3.59. The molecule has 4 unspecified atom stereocenters. The van der Waals surface area contributed by atoms with E-state index in [0.29, 0.717) is 12.8 Å². The Labute approximate surface area is 111 Å². The first kappa shape index (κ1) is 17.4. The fourth-order valence-electron chi connectivity index (χ4n) is 2.58. The SMILES string of the molecule is CC.CC(O)C#CC1(O)C(C)CC(O)CC1(C)C. The van der Waals surface area contributed by atoms with Crippen LogP contribution in [0.5, 0.6) is 0 Å². The van der Waals surface area contributed by atoms with Gasteiger partial charge in [-0.15, -0.1) is 0 Å². The largest absolute Gasteiger partial charge is 0.393 e. The zero-order chi connectivity index (χ0) is 14.6. The molecule has 3 nitrogen and oxygen atoms in total. The molecule has 0 radical (unpaired) electrons. The van der Waals surface area contributed by atoms with E-state index in [1.165, 1.54) is 0 Å². The predicted molar refractivity (Wildman–Crippen MR) is 73.9 cm³/mol. The molecule has 3 N–H and O–H groups in total. The van der Waals surface area contributed by atoms with Crippen molar-refractivity contribution in [2.45, 2.75) is 72.2 Å². The lowest BCUT2D eigenvalue weighted by Gasteiger charge is -2.48. The van der Waals surface area contributed by atoms with Crippen LogP contribution in [0.4, 0.5) is 0 Å². The lowest BCUT2D eigenvalue weighted by Crippen LogP contribution is -2.54. The van der Waals surface area contributed by atoms with E-state index < -0.39 is 17.1 Å². The van der Waals surface area contributed by atoms with Gasteiger partial charge >= 0.3 is 0 Å². The average molecular weight is 256 g/mol. The molecule has 3 heteroatoms. The maximum Gasteiger partial charge on any atom is 0.133 e. The topological polar surface area (TPSA) is 60.7 Å². The number of aliphatic hydroxyl groups is 3. The van der Waals surface area contributed by atoms with Gasteiger partial charge in [-0.3, -0.25) is 0 Å². The van der Waals surface area contributed by atoms with Gasteiger partial charge in [-0.25, -0.2) is 0 Å². The molecule has 0 amide bonds. The Morgan fingerprint density at radius 2 is 1.78 bits per heavy atom. The van der Waals surface area contributed by atoms with Gasteiger partial charge in [-0.2, -0.15) is 0 Å². The molecule has 1 aliphatic rings. The van der Waals surface area contributed by atoms with Crippen molar-refractivity contribution in [1.82, 2.24) is 0 Å². The van der Waals surface area contributed by atoms with E-state index in [-0.39, 0.29) is 12.0 Å². The number of hydrogen-bond acceptors (Lipinski definition) is 3. The maximum absolute atomic E-state index is 10.6. The van der Waals surface area contributed by atoms with Crippen LogP contribution < -0.4 is 0 Å². The molecule has 0 saturated heterocycles. The van der Waals surface area contributed by atoms with E-state index in [1.54, 1.807) is 6.92 Å². The molecule has 1 saturated carbocycles. The van der Waals surface area contributed by atoms with Gasteiger partial charge in [-0.05, 0) is 25.7 Å². The summed E-state index contributed by atoms with van der Waals surface area (Å²) in [6.45, 7) is 11.3. The quantitative estimate of drug-likeness (QED) is 0.581. The Bertz CT molecular complexity index is 311. The highest BCUT2D eigenvalue weighted by Gasteiger charge is 2.51. The highest BCUT2D eigenvalue weighted by Crippen LogP contribution is 2.46. The van der Waals surface area contributed by atoms with Gasteiger partial charge < -0.3 is 15.3 Å². The van der Waals surface area contributed by atoms with Crippen molar-refractivity contribution in [3.63, 3.8) is 0 Å². The number of hydrogen-bond donors (Lipinski definition) is 3. The highest BCUT2D eigenvalue weighted by atomic mass is 16.3. The lowest BCUT2D eigenvalue weighted by atomic mass is 9.60. The molecule has 18 heavy (non-hydrogen) atoms. The van der Waals surface area contributed by atoms with Gasteiger partial charge in [0.1, 0.15) is 11.7 Å². The summed E-state index contributed by atoms with van der Waals surface area (Å²) < 4.78 is 0. The van der Waals surface area contributed by atoms with Gasteiger partial charge in [0.15, 0.2) is 0 Å². The zero-order valence-electron chi connectivity index (χ0n) is 12.5. The van der Waals surface area contributed by atoms with Crippen molar-refractivity contribution in [2.24, 2.45) is 11.3 Å². The number of rotatable bonds is 0. The van der Waals surface area contributed by atoms with Crippen LogP contribution in [0, 0.1) is 23.2 Å². The summed E-state index contributed by atoms with van der Waals surface area (Å²) in [7, 11) is 0. The van der Waals surface area contributed by atoms with E-state index in [9.17, 15) is 15.3 Å². The monoisotopic (exact) mass is 256 g/mol. The summed E-state index contributed by atoms with van der Waals surface area (Å²) in [4.78, 5) is 0. The molecule has 0 heterocycles. The summed E-state index contributed by atoms with van der Waals surface area (Å²) in [5, 5.41) is 29.5. The molecule has 4 atom stereocenters. The fraction of sp³-hybridized carbons (Fsp3) is 0.867. The summed E-state index contributed by atoms with van der Waals surface area (Å²) in [6, 6.07) is 0. The van der Waals surface area contributed by atoms with Crippen LogP contribution in [-0.4, -0.2) is 33.1 Å². The highest BCUT2D eigenvalue weighted by molar-refractivity contribution is 5.23. The molecule has 0 spiro atoms. The van der Waals surface area contributed by atoms with Crippen LogP contribution in [0.2, 0.25) is 0 Å². The first-order valence-corrected chi connectivity index (χ1v) is 6.80. The zero-order valence-corrected chi connectivity index (χ0v) is 12.5. The van der Waals surface area contributed by atoms with Crippen molar-refractivity contribution in [3.05, 3.63) is 0 Å². The fourth-order valence-corrected chi connectivity index (χ4v) is 2.58. The normalized spacial score (nSPS) is 35.6. The lowest BCUT2D eigenvalue weighted by molar-refractivity contribution is -0.121. The summed E-state index contributed by atoms with van der Waals surface area (Å²) in [5.74, 6) is 5.33. The summed E-state index contributed by atoms with van der Waals surface area (Å²) >= 11 is 0. The summed E-state index contributed by atoms with van der Waals surface area (Å²) in [6.07, 6.45) is -0.0333. The van der Waals surface area contributed by atoms with E-state index in [4.69, 9.17) is 0 Å². The van der Waals surface area contributed by atoms with Gasteiger partial charge in [0, 0.05) is 5.41 Å². The van der Waals surface area contributed by atoms with E-state index in [2.05, 4.69) is 11.8 Å². The van der Waals surface area contributed by atoms with Crippen molar-refractivity contribution in [1.29, 1.82) is 0 Å². The Hall–Kier alpha value is -0.560. The van der Waals surface area contributed by atoms with Crippen LogP contribution in [0.15, 0.2) is 0 Å². The average Bonchev–Trinajstić information content (AvgIpc) is 2.25. The summed E-state index contributed by atoms with van der Waals surface area (Å²) in [5.41, 5.74) is -1.60. The molecule has 0 aromatic carbocycles. The van der Waals surface area contributed by atoms with Crippen LogP contribution in [0.3, 0.4) is 0 Å². The van der Waals surface area contributed by atoms with Gasteiger partial charge in [-0.1, -0.05) is 46.5 Å². The second kappa shape index (κ2) is 6.56. The molecular weight excluding hydrogens is 228 g/mol. The molecule has 0 aromatic rings. The third-order valence-corrected chi connectivity index (χ3v) is 3.59. The minimum absolute atomic E-state index is 0.0995. The molecule has 0 bridgehead atoms. The Morgan fingerprint density at radius 3 is 2.17 bits per heavy atom. The smallest absolute Gasteiger partial charge is 0.133 e. The predicted octanol–water partition coefficient (Wildman–Crippen LogP) is 1.94. The molecule has 0 aromatic heterocycles. The third kappa shape index (κ3) is 3.71. The van der Waals surface area contributed by atoms with Crippen LogP contribution in [-0.2, 0) is 0 Å². The van der Waals surface area contributed by atoms with E-state index >= 15 is 0 Å². The Morgan fingerprint density at radius 1 is 1.28 bits per heavy atom. The van der Waals surface area contributed by atoms with Crippen LogP contribution in [0.25, 0.3) is 0 Å². The van der Waals surface area contributed by atoms with E-state index in [0.717, 1.165) is 0 Å². The van der Waals surface area contributed by atoms with E-state index in [1.807, 2.05) is 34.6 Å². The molecule has 1 rings (SSSR count). The van der Waals surface area contributed by atoms with Crippen molar-refractivity contribution in [3.8, 4) is 11.8 Å². The van der Waals surface area contributed by atoms with Gasteiger partial charge in [0.25, 0.3) is 0 Å². The Balaban J connectivity index is 0.00000137. The first-order chi connectivity index (χ1) is 8.19. The van der Waals surface area contributed by atoms with Gasteiger partial charge in [0.05, 0.1) is 6.10 Å². The Kier molecular flexibility index (Phi) is 6.36. The standard InChI is InChI=1S/C13H22O3.C2H6/c1-9-7-11(15)8-12(3,4)13(9,16)6-5-10(2)14;1-2/h9-11,14-16H,7-8H2,1-4H3;1-2H3. The second-order valence-corrected chi connectivity index (χ2v) is 5.59. The van der Waals surface area contributed by atoms with Crippen molar-refractivity contribution >= 4 is 0 Å². The first-order valence-electron chi connectivity index (χ1n) is 6.80. The molecule has 1 fully saturated rings. The molecular formula is C15H28O3. The molecule has 0 aliphatic heterocycles. The molecule has 106 valence electrons. The van der Waals surface area contributed by atoms with Crippen molar-refractivity contribution in [2.75, 3.05) is 0 Å². The molecule has 1 aliphatic carbocycles. The van der Waals surface area contributed by atoms with Crippen molar-refractivity contribution < 1.29 is 15.3 Å². The van der Waals surface area contributed by atoms with Crippen LogP contribution >= 0.6 is 0 Å². The minimum atomic E-state index is -1.14. The van der Waals surface area contributed by atoms with Gasteiger partial charge in [0.2, 0.25) is 0 Å². The second-order valence-electron chi connectivity index (χ2n) is 5.59. The minimum Gasteiger partial charge on any atom is -0.393 e. The van der Waals surface area contributed by atoms with Crippen LogP contribution in [0.1, 0.15) is 54.4 Å². The number of aliphatic hydroxyl groups excluding tert-OH is 2.